The lowest BCUT2D eigenvalue weighted by Gasteiger charge is -2.31. The average Bonchev–Trinajstić information content (AvgIpc) is 2.37. The first kappa shape index (κ1) is 14.8. The van der Waals surface area contributed by atoms with Gasteiger partial charge in [-0.15, -0.1) is 0 Å². The number of carbonyl (C=O) groups excluding carboxylic acids is 1. The highest BCUT2D eigenvalue weighted by molar-refractivity contribution is 7.92. The monoisotopic (exact) mass is 296 g/mol. The SMILES string of the molecule is C[C@@H]1CCCN(C(=O)c2ccc(NS(C)(=O)=O)cc2)C1. The summed E-state index contributed by atoms with van der Waals surface area (Å²) in [5.74, 6) is 0.557. The van der Waals surface area contributed by atoms with Gasteiger partial charge in [-0.1, -0.05) is 6.92 Å². The van der Waals surface area contributed by atoms with Crippen molar-refractivity contribution in [2.75, 3.05) is 24.1 Å². The van der Waals surface area contributed by atoms with E-state index in [1.807, 2.05) is 4.90 Å². The molecule has 1 aliphatic heterocycles. The van der Waals surface area contributed by atoms with Gasteiger partial charge in [-0.05, 0) is 43.0 Å². The van der Waals surface area contributed by atoms with Crippen molar-refractivity contribution < 1.29 is 13.2 Å². The molecule has 1 aliphatic rings. The van der Waals surface area contributed by atoms with Crippen LogP contribution >= 0.6 is 0 Å². The summed E-state index contributed by atoms with van der Waals surface area (Å²) in [6, 6.07) is 6.55. The second-order valence-electron chi connectivity index (χ2n) is 5.45. The van der Waals surface area contributed by atoms with E-state index < -0.39 is 10.0 Å². The van der Waals surface area contributed by atoms with E-state index >= 15 is 0 Å². The Kier molecular flexibility index (Phi) is 4.32. The van der Waals surface area contributed by atoms with Crippen molar-refractivity contribution in [2.45, 2.75) is 19.8 Å². The van der Waals surface area contributed by atoms with E-state index in [0.29, 0.717) is 17.2 Å². The molecule has 0 unspecified atom stereocenters. The molecule has 0 aromatic heterocycles. The van der Waals surface area contributed by atoms with E-state index in [0.717, 1.165) is 25.8 Å². The quantitative estimate of drug-likeness (QED) is 0.927. The van der Waals surface area contributed by atoms with Gasteiger partial charge in [0, 0.05) is 24.3 Å². The fourth-order valence-electron chi connectivity index (χ4n) is 2.45. The van der Waals surface area contributed by atoms with Crippen LogP contribution in [0.2, 0.25) is 0 Å². The first-order valence-corrected chi connectivity index (χ1v) is 8.61. The molecule has 0 saturated carbocycles. The number of rotatable bonds is 3. The maximum Gasteiger partial charge on any atom is 0.253 e. The third kappa shape index (κ3) is 3.96. The molecule has 20 heavy (non-hydrogen) atoms. The minimum Gasteiger partial charge on any atom is -0.338 e. The molecule has 1 N–H and O–H groups in total. The predicted molar refractivity (Wildman–Crippen MR) is 79.2 cm³/mol. The second kappa shape index (κ2) is 5.83. The Hall–Kier alpha value is -1.56. The van der Waals surface area contributed by atoms with Gasteiger partial charge < -0.3 is 4.90 Å². The Morgan fingerprint density at radius 3 is 2.50 bits per heavy atom. The van der Waals surface area contributed by atoms with Crippen LogP contribution in [0.15, 0.2) is 24.3 Å². The van der Waals surface area contributed by atoms with E-state index in [2.05, 4.69) is 11.6 Å². The third-order valence-electron chi connectivity index (χ3n) is 3.38. The summed E-state index contributed by atoms with van der Waals surface area (Å²) in [7, 11) is -3.28. The molecule has 1 aromatic rings. The van der Waals surface area contributed by atoms with Gasteiger partial charge in [0.05, 0.1) is 6.26 Å². The van der Waals surface area contributed by atoms with Crippen LogP contribution in [-0.2, 0) is 10.0 Å². The summed E-state index contributed by atoms with van der Waals surface area (Å²) >= 11 is 0. The number of nitrogens with zero attached hydrogens (tertiary/aromatic N) is 1. The zero-order valence-corrected chi connectivity index (χ0v) is 12.6. The van der Waals surface area contributed by atoms with E-state index in [-0.39, 0.29) is 5.91 Å². The second-order valence-corrected chi connectivity index (χ2v) is 7.20. The Morgan fingerprint density at radius 1 is 1.30 bits per heavy atom. The van der Waals surface area contributed by atoms with Crippen LogP contribution in [0.4, 0.5) is 5.69 Å². The summed E-state index contributed by atoms with van der Waals surface area (Å²) < 4.78 is 24.6. The predicted octanol–water partition coefficient (Wildman–Crippen LogP) is 1.93. The maximum atomic E-state index is 12.3. The van der Waals surface area contributed by atoms with Gasteiger partial charge in [0.15, 0.2) is 0 Å². The topological polar surface area (TPSA) is 66.5 Å². The van der Waals surface area contributed by atoms with Gasteiger partial charge in [-0.25, -0.2) is 8.42 Å². The molecule has 1 heterocycles. The molecule has 0 radical (unpaired) electrons. The van der Waals surface area contributed by atoms with Crippen molar-refractivity contribution in [2.24, 2.45) is 5.92 Å². The van der Waals surface area contributed by atoms with Crippen LogP contribution in [0, 0.1) is 5.92 Å². The molecule has 1 atom stereocenters. The smallest absolute Gasteiger partial charge is 0.253 e. The lowest BCUT2D eigenvalue weighted by atomic mass is 9.99. The highest BCUT2D eigenvalue weighted by Gasteiger charge is 2.21. The van der Waals surface area contributed by atoms with E-state index in [1.165, 1.54) is 6.42 Å². The van der Waals surface area contributed by atoms with Gasteiger partial charge in [-0.2, -0.15) is 0 Å². The number of benzene rings is 1. The van der Waals surface area contributed by atoms with Gasteiger partial charge in [-0.3, -0.25) is 9.52 Å². The molecule has 1 aromatic carbocycles. The van der Waals surface area contributed by atoms with Crippen LogP contribution in [0.1, 0.15) is 30.1 Å². The lowest BCUT2D eigenvalue weighted by Crippen LogP contribution is -2.39. The molecular formula is C14H20N2O3S. The van der Waals surface area contributed by atoms with E-state index in [1.54, 1.807) is 24.3 Å². The van der Waals surface area contributed by atoms with Crippen molar-refractivity contribution in [3.05, 3.63) is 29.8 Å². The van der Waals surface area contributed by atoms with Gasteiger partial charge in [0.1, 0.15) is 0 Å². The molecule has 0 aliphatic carbocycles. The van der Waals surface area contributed by atoms with Crippen molar-refractivity contribution in [3.63, 3.8) is 0 Å². The first-order valence-electron chi connectivity index (χ1n) is 6.72. The lowest BCUT2D eigenvalue weighted by molar-refractivity contribution is 0.0683. The van der Waals surface area contributed by atoms with Crippen LogP contribution < -0.4 is 4.72 Å². The van der Waals surface area contributed by atoms with Crippen LogP contribution in [0.25, 0.3) is 0 Å². The first-order chi connectivity index (χ1) is 9.35. The van der Waals surface area contributed by atoms with Crippen molar-refractivity contribution >= 4 is 21.6 Å². The minimum atomic E-state index is -3.28. The van der Waals surface area contributed by atoms with Crippen LogP contribution in [0.5, 0.6) is 0 Å². The van der Waals surface area contributed by atoms with Crippen molar-refractivity contribution in [1.29, 1.82) is 0 Å². The van der Waals surface area contributed by atoms with Crippen molar-refractivity contribution in [3.8, 4) is 0 Å². The molecule has 2 rings (SSSR count). The number of nitrogens with one attached hydrogen (secondary N) is 1. The average molecular weight is 296 g/mol. The summed E-state index contributed by atoms with van der Waals surface area (Å²) in [6.07, 6.45) is 3.31. The van der Waals surface area contributed by atoms with Crippen molar-refractivity contribution in [1.82, 2.24) is 4.90 Å². The van der Waals surface area contributed by atoms with Gasteiger partial charge in [0.25, 0.3) is 5.91 Å². The molecule has 1 fully saturated rings. The highest BCUT2D eigenvalue weighted by atomic mass is 32.2. The summed E-state index contributed by atoms with van der Waals surface area (Å²) in [5, 5.41) is 0. The number of carbonyl (C=O) groups is 1. The summed E-state index contributed by atoms with van der Waals surface area (Å²) in [4.78, 5) is 14.2. The molecule has 0 bridgehead atoms. The van der Waals surface area contributed by atoms with E-state index in [4.69, 9.17) is 0 Å². The number of piperidine rings is 1. The van der Waals surface area contributed by atoms with Crippen LogP contribution in [-0.4, -0.2) is 38.6 Å². The van der Waals surface area contributed by atoms with Gasteiger partial charge in [0.2, 0.25) is 10.0 Å². The fourth-order valence-corrected chi connectivity index (χ4v) is 3.02. The molecule has 0 spiro atoms. The summed E-state index contributed by atoms with van der Waals surface area (Å²) in [6.45, 7) is 3.74. The number of hydrogen-bond donors (Lipinski definition) is 1. The molecule has 1 amide bonds. The Labute approximate surface area is 120 Å². The van der Waals surface area contributed by atoms with E-state index in [9.17, 15) is 13.2 Å². The molecule has 1 saturated heterocycles. The number of amides is 1. The van der Waals surface area contributed by atoms with Crippen LogP contribution in [0.3, 0.4) is 0 Å². The standard InChI is InChI=1S/C14H20N2O3S/c1-11-4-3-9-16(10-11)14(17)12-5-7-13(8-6-12)15-20(2,18)19/h5-8,11,15H,3-4,9-10H2,1-2H3/t11-/m1/s1. The maximum absolute atomic E-state index is 12.3. The molecular weight excluding hydrogens is 276 g/mol. The zero-order valence-electron chi connectivity index (χ0n) is 11.8. The summed E-state index contributed by atoms with van der Waals surface area (Å²) in [5.41, 5.74) is 1.06. The third-order valence-corrected chi connectivity index (χ3v) is 3.99. The number of hydrogen-bond acceptors (Lipinski definition) is 3. The number of likely N-dealkylation sites (tertiary alicyclic amines) is 1. The molecule has 110 valence electrons. The molecule has 5 nitrogen and oxygen atoms in total. The Bertz CT molecular complexity index is 581. The fraction of sp³-hybridized carbons (Fsp3) is 0.500. The number of anilines is 1. The molecule has 6 heteroatoms. The normalized spacial score (nSPS) is 19.7. The minimum absolute atomic E-state index is 0.0162. The highest BCUT2D eigenvalue weighted by Crippen LogP contribution is 2.19. The zero-order chi connectivity index (χ0) is 14.8. The Balaban J connectivity index is 2.07. The Morgan fingerprint density at radius 2 is 1.95 bits per heavy atom. The largest absolute Gasteiger partial charge is 0.338 e. The van der Waals surface area contributed by atoms with Gasteiger partial charge >= 0.3 is 0 Å². The number of sulfonamides is 1.